The number of carbonyl (C=O) groups is 1. The van der Waals surface area contributed by atoms with Crippen LogP contribution in [0.1, 0.15) is 37.7 Å². The third-order valence-electron chi connectivity index (χ3n) is 4.59. The van der Waals surface area contributed by atoms with Gasteiger partial charge in [0, 0.05) is 19.0 Å². The van der Waals surface area contributed by atoms with E-state index >= 15 is 0 Å². The van der Waals surface area contributed by atoms with Crippen molar-refractivity contribution < 1.29 is 9.53 Å². The van der Waals surface area contributed by atoms with Crippen molar-refractivity contribution in [2.75, 3.05) is 19.8 Å². The monoisotopic (exact) mass is 288 g/mol. The van der Waals surface area contributed by atoms with Crippen LogP contribution in [0, 0.1) is 0 Å². The van der Waals surface area contributed by atoms with Crippen molar-refractivity contribution in [1.82, 2.24) is 10.6 Å². The first-order valence-electron chi connectivity index (χ1n) is 7.96. The van der Waals surface area contributed by atoms with E-state index in [9.17, 15) is 4.79 Å². The molecule has 0 bridgehead atoms. The summed E-state index contributed by atoms with van der Waals surface area (Å²) in [6, 6.07) is 10.5. The molecule has 0 spiro atoms. The molecular formula is C17H24N2O2. The zero-order chi connectivity index (χ0) is 14.5. The molecule has 1 aliphatic heterocycles. The molecule has 4 heteroatoms. The Bertz CT molecular complexity index is 463. The number of hydrogen-bond donors (Lipinski definition) is 2. The SMILES string of the molecule is O=C(CC1COCCN1)NC1(c2ccccc2)CCCC1. The van der Waals surface area contributed by atoms with Crippen LogP contribution in [0.5, 0.6) is 0 Å². The van der Waals surface area contributed by atoms with Gasteiger partial charge in [0.15, 0.2) is 0 Å². The molecule has 2 fully saturated rings. The molecule has 3 rings (SSSR count). The largest absolute Gasteiger partial charge is 0.378 e. The van der Waals surface area contributed by atoms with Gasteiger partial charge in [-0.15, -0.1) is 0 Å². The normalized spacial score (nSPS) is 24.7. The molecule has 1 amide bonds. The van der Waals surface area contributed by atoms with E-state index in [0.29, 0.717) is 13.0 Å². The van der Waals surface area contributed by atoms with Gasteiger partial charge in [0.2, 0.25) is 5.91 Å². The van der Waals surface area contributed by atoms with Gasteiger partial charge in [-0.1, -0.05) is 43.2 Å². The fourth-order valence-corrected chi connectivity index (χ4v) is 3.51. The molecule has 0 radical (unpaired) electrons. The smallest absolute Gasteiger partial charge is 0.222 e. The summed E-state index contributed by atoms with van der Waals surface area (Å²) >= 11 is 0. The number of ether oxygens (including phenoxy) is 1. The van der Waals surface area contributed by atoms with Crippen molar-refractivity contribution in [3.05, 3.63) is 35.9 Å². The second-order valence-electron chi connectivity index (χ2n) is 6.13. The summed E-state index contributed by atoms with van der Waals surface area (Å²) in [5.74, 6) is 0.128. The maximum atomic E-state index is 12.4. The molecule has 1 atom stereocenters. The van der Waals surface area contributed by atoms with Crippen LogP contribution in [0.4, 0.5) is 0 Å². The van der Waals surface area contributed by atoms with Crippen molar-refractivity contribution in [1.29, 1.82) is 0 Å². The van der Waals surface area contributed by atoms with E-state index in [-0.39, 0.29) is 17.5 Å². The lowest BCUT2D eigenvalue weighted by Crippen LogP contribution is -2.48. The van der Waals surface area contributed by atoms with Gasteiger partial charge in [0.05, 0.1) is 18.8 Å². The van der Waals surface area contributed by atoms with Gasteiger partial charge >= 0.3 is 0 Å². The third kappa shape index (κ3) is 3.44. The highest BCUT2D eigenvalue weighted by atomic mass is 16.5. The van der Waals surface area contributed by atoms with Crippen LogP contribution in [0.15, 0.2) is 30.3 Å². The molecule has 1 unspecified atom stereocenters. The molecule has 21 heavy (non-hydrogen) atoms. The Labute approximate surface area is 126 Å². The third-order valence-corrected chi connectivity index (χ3v) is 4.59. The van der Waals surface area contributed by atoms with Crippen molar-refractivity contribution in [2.45, 2.75) is 43.7 Å². The highest BCUT2D eigenvalue weighted by Crippen LogP contribution is 2.38. The first kappa shape index (κ1) is 14.5. The molecule has 2 aliphatic rings. The molecule has 2 N–H and O–H groups in total. The van der Waals surface area contributed by atoms with Crippen LogP contribution in [-0.2, 0) is 15.1 Å². The summed E-state index contributed by atoms with van der Waals surface area (Å²) in [6.07, 6.45) is 4.93. The van der Waals surface area contributed by atoms with Crippen LogP contribution in [0.2, 0.25) is 0 Å². The predicted molar refractivity (Wildman–Crippen MR) is 82.0 cm³/mol. The Morgan fingerprint density at radius 3 is 2.71 bits per heavy atom. The lowest BCUT2D eigenvalue weighted by Gasteiger charge is -2.32. The van der Waals surface area contributed by atoms with Crippen molar-refractivity contribution in [3.8, 4) is 0 Å². The number of rotatable bonds is 4. The fraction of sp³-hybridized carbons (Fsp3) is 0.588. The first-order chi connectivity index (χ1) is 10.3. The van der Waals surface area contributed by atoms with E-state index in [1.165, 1.54) is 18.4 Å². The van der Waals surface area contributed by atoms with E-state index in [0.717, 1.165) is 26.0 Å². The molecule has 1 aromatic carbocycles. The molecule has 4 nitrogen and oxygen atoms in total. The molecule has 114 valence electrons. The molecule has 1 heterocycles. The first-order valence-corrected chi connectivity index (χ1v) is 7.96. The van der Waals surface area contributed by atoms with E-state index in [1.807, 2.05) is 6.07 Å². The Hall–Kier alpha value is -1.39. The summed E-state index contributed by atoms with van der Waals surface area (Å²) in [5, 5.41) is 6.66. The average molecular weight is 288 g/mol. The Morgan fingerprint density at radius 1 is 1.29 bits per heavy atom. The van der Waals surface area contributed by atoms with Crippen LogP contribution in [0.25, 0.3) is 0 Å². The second kappa shape index (κ2) is 6.58. The number of hydrogen-bond acceptors (Lipinski definition) is 3. The Morgan fingerprint density at radius 2 is 2.05 bits per heavy atom. The molecule has 1 aromatic rings. The number of morpholine rings is 1. The number of nitrogens with one attached hydrogen (secondary N) is 2. The fourth-order valence-electron chi connectivity index (χ4n) is 3.51. The highest BCUT2D eigenvalue weighted by Gasteiger charge is 2.37. The second-order valence-corrected chi connectivity index (χ2v) is 6.13. The highest BCUT2D eigenvalue weighted by molar-refractivity contribution is 5.77. The van der Waals surface area contributed by atoms with Crippen LogP contribution < -0.4 is 10.6 Å². The van der Waals surface area contributed by atoms with Crippen molar-refractivity contribution in [2.24, 2.45) is 0 Å². The summed E-state index contributed by atoms with van der Waals surface area (Å²) in [4.78, 5) is 12.4. The van der Waals surface area contributed by atoms with Crippen LogP contribution in [-0.4, -0.2) is 31.7 Å². The number of benzene rings is 1. The molecule has 1 saturated heterocycles. The van der Waals surface area contributed by atoms with E-state index in [1.54, 1.807) is 0 Å². The van der Waals surface area contributed by atoms with Gasteiger partial charge in [-0.2, -0.15) is 0 Å². The van der Waals surface area contributed by atoms with E-state index in [4.69, 9.17) is 4.74 Å². The topological polar surface area (TPSA) is 50.4 Å². The van der Waals surface area contributed by atoms with Crippen molar-refractivity contribution in [3.63, 3.8) is 0 Å². The maximum Gasteiger partial charge on any atom is 0.222 e. The van der Waals surface area contributed by atoms with Gasteiger partial charge in [-0.25, -0.2) is 0 Å². The maximum absolute atomic E-state index is 12.4. The quantitative estimate of drug-likeness (QED) is 0.890. The summed E-state index contributed by atoms with van der Waals surface area (Å²) in [6.45, 7) is 2.21. The van der Waals surface area contributed by atoms with Gasteiger partial charge in [-0.05, 0) is 18.4 Å². The number of amides is 1. The minimum atomic E-state index is -0.159. The van der Waals surface area contributed by atoms with Crippen LogP contribution >= 0.6 is 0 Å². The minimum absolute atomic E-state index is 0.128. The standard InChI is InChI=1S/C17H24N2O2/c20-16(12-15-13-21-11-10-18-15)19-17(8-4-5-9-17)14-6-2-1-3-7-14/h1-3,6-7,15,18H,4-5,8-13H2,(H,19,20). The van der Waals surface area contributed by atoms with Gasteiger partial charge in [-0.3, -0.25) is 4.79 Å². The Balaban J connectivity index is 1.66. The summed E-state index contributed by atoms with van der Waals surface area (Å²) < 4.78 is 5.42. The van der Waals surface area contributed by atoms with E-state index in [2.05, 4.69) is 34.9 Å². The Kier molecular flexibility index (Phi) is 4.56. The lowest BCUT2D eigenvalue weighted by molar-refractivity contribution is -0.124. The van der Waals surface area contributed by atoms with Gasteiger partial charge in [0.25, 0.3) is 0 Å². The minimum Gasteiger partial charge on any atom is -0.378 e. The summed E-state index contributed by atoms with van der Waals surface area (Å²) in [7, 11) is 0. The summed E-state index contributed by atoms with van der Waals surface area (Å²) in [5.41, 5.74) is 1.08. The molecule has 0 aromatic heterocycles. The molecular weight excluding hydrogens is 264 g/mol. The average Bonchev–Trinajstić information content (AvgIpc) is 2.99. The lowest BCUT2D eigenvalue weighted by atomic mass is 9.88. The van der Waals surface area contributed by atoms with Gasteiger partial charge < -0.3 is 15.4 Å². The van der Waals surface area contributed by atoms with E-state index < -0.39 is 0 Å². The molecule has 1 aliphatic carbocycles. The molecule has 1 saturated carbocycles. The van der Waals surface area contributed by atoms with Crippen molar-refractivity contribution >= 4 is 5.91 Å². The van der Waals surface area contributed by atoms with Gasteiger partial charge in [0.1, 0.15) is 0 Å². The zero-order valence-electron chi connectivity index (χ0n) is 12.4. The zero-order valence-corrected chi connectivity index (χ0v) is 12.4. The number of carbonyl (C=O) groups excluding carboxylic acids is 1. The van der Waals surface area contributed by atoms with Crippen LogP contribution in [0.3, 0.4) is 0 Å². The predicted octanol–water partition coefficient (Wildman–Crippen LogP) is 1.95.